The molecule has 0 saturated carbocycles. The van der Waals surface area contributed by atoms with Crippen molar-refractivity contribution in [1.29, 1.82) is 0 Å². The van der Waals surface area contributed by atoms with Crippen LogP contribution in [0.15, 0.2) is 28.9 Å². The summed E-state index contributed by atoms with van der Waals surface area (Å²) < 4.78 is 3.57. The third-order valence-electron chi connectivity index (χ3n) is 2.92. The van der Waals surface area contributed by atoms with E-state index in [2.05, 4.69) is 32.8 Å². The Morgan fingerprint density at radius 2 is 2.26 bits per heavy atom. The van der Waals surface area contributed by atoms with E-state index in [1.807, 2.05) is 22.8 Å². The third-order valence-corrected chi connectivity index (χ3v) is 4.75. The fourth-order valence-corrected chi connectivity index (χ4v) is 3.46. The van der Waals surface area contributed by atoms with Crippen molar-refractivity contribution >= 4 is 56.0 Å². The molecule has 0 fully saturated rings. The van der Waals surface area contributed by atoms with Crippen molar-refractivity contribution in [2.45, 2.75) is 13.0 Å². The van der Waals surface area contributed by atoms with E-state index < -0.39 is 0 Å². The van der Waals surface area contributed by atoms with Gasteiger partial charge >= 0.3 is 0 Å². The number of imidazole rings is 1. The fourth-order valence-electron chi connectivity index (χ4n) is 2.04. The van der Waals surface area contributed by atoms with E-state index in [1.165, 1.54) is 11.3 Å². The van der Waals surface area contributed by atoms with Crippen LogP contribution in [-0.2, 0) is 0 Å². The van der Waals surface area contributed by atoms with Gasteiger partial charge < -0.3 is 5.73 Å². The average Bonchev–Trinajstić information content (AvgIpc) is 2.91. The Morgan fingerprint density at radius 1 is 1.47 bits per heavy atom. The van der Waals surface area contributed by atoms with E-state index in [-0.39, 0.29) is 6.04 Å². The number of nitrogens with two attached hydrogens (primary N) is 1. The van der Waals surface area contributed by atoms with Gasteiger partial charge in [-0.05, 0) is 41.1 Å². The summed E-state index contributed by atoms with van der Waals surface area (Å²) in [4.78, 5) is 9.87. The lowest BCUT2D eigenvalue weighted by molar-refractivity contribution is 0.674. The van der Waals surface area contributed by atoms with Crippen molar-refractivity contribution < 1.29 is 0 Å². The average molecular weight is 358 g/mol. The number of anilines is 1. The lowest BCUT2D eigenvalue weighted by Crippen LogP contribution is -2.09. The first-order chi connectivity index (χ1) is 9.06. The zero-order valence-electron chi connectivity index (χ0n) is 9.97. The van der Waals surface area contributed by atoms with E-state index in [0.29, 0.717) is 5.95 Å². The maximum atomic E-state index is 6.02. The number of aromatic nitrogens is 3. The summed E-state index contributed by atoms with van der Waals surface area (Å²) in [6.07, 6.45) is 1.74. The van der Waals surface area contributed by atoms with Gasteiger partial charge in [0, 0.05) is 15.5 Å². The van der Waals surface area contributed by atoms with E-state index in [1.54, 1.807) is 6.20 Å². The largest absolute Gasteiger partial charge is 0.369 e. The summed E-state index contributed by atoms with van der Waals surface area (Å²) in [7, 11) is 0. The number of nitrogens with zero attached hydrogens (tertiary/aromatic N) is 3. The predicted molar refractivity (Wildman–Crippen MR) is 82.8 cm³/mol. The van der Waals surface area contributed by atoms with Gasteiger partial charge in [0.15, 0.2) is 5.65 Å². The summed E-state index contributed by atoms with van der Waals surface area (Å²) >= 11 is 10.9. The first-order valence-electron chi connectivity index (χ1n) is 5.60. The molecule has 0 aliphatic carbocycles. The SMILES string of the molecule is CC(c1ccc(Cl)s1)n1c(N)nc2cc(Br)cnc21. The van der Waals surface area contributed by atoms with Crippen LogP contribution in [0, 0.1) is 0 Å². The second-order valence-corrected chi connectivity index (χ2v) is 6.82. The lowest BCUT2D eigenvalue weighted by Gasteiger charge is -2.13. The molecule has 0 bridgehead atoms. The van der Waals surface area contributed by atoms with Crippen LogP contribution in [0.5, 0.6) is 0 Å². The number of nitrogen functional groups attached to an aromatic ring is 1. The van der Waals surface area contributed by atoms with Crippen molar-refractivity contribution in [3.8, 4) is 0 Å². The van der Waals surface area contributed by atoms with Crippen LogP contribution < -0.4 is 5.73 Å². The summed E-state index contributed by atoms with van der Waals surface area (Å²) in [5.41, 5.74) is 7.57. The maximum absolute atomic E-state index is 6.02. The Bertz CT molecular complexity index is 751. The highest BCUT2D eigenvalue weighted by molar-refractivity contribution is 9.10. The first kappa shape index (κ1) is 12.9. The molecule has 0 saturated heterocycles. The van der Waals surface area contributed by atoms with Gasteiger partial charge in [-0.1, -0.05) is 11.6 Å². The van der Waals surface area contributed by atoms with Gasteiger partial charge in [-0.3, -0.25) is 4.57 Å². The van der Waals surface area contributed by atoms with Crippen molar-refractivity contribution in [2.75, 3.05) is 5.73 Å². The predicted octanol–water partition coefficient (Wildman–Crippen LogP) is 4.10. The van der Waals surface area contributed by atoms with Gasteiger partial charge in [0.05, 0.1) is 10.4 Å². The third kappa shape index (κ3) is 2.24. The zero-order chi connectivity index (χ0) is 13.6. The van der Waals surface area contributed by atoms with Crippen LogP contribution in [0.2, 0.25) is 4.34 Å². The van der Waals surface area contributed by atoms with Gasteiger partial charge in [0.25, 0.3) is 0 Å². The molecule has 0 aliphatic rings. The van der Waals surface area contributed by atoms with E-state index in [4.69, 9.17) is 17.3 Å². The molecule has 1 atom stereocenters. The monoisotopic (exact) mass is 356 g/mol. The molecule has 0 spiro atoms. The van der Waals surface area contributed by atoms with Gasteiger partial charge in [0.1, 0.15) is 5.52 Å². The molecule has 7 heteroatoms. The molecule has 3 heterocycles. The summed E-state index contributed by atoms with van der Waals surface area (Å²) in [6, 6.07) is 5.85. The molecule has 98 valence electrons. The zero-order valence-corrected chi connectivity index (χ0v) is 13.1. The number of fused-ring (bicyclic) bond motifs is 1. The smallest absolute Gasteiger partial charge is 0.203 e. The number of thiophene rings is 1. The minimum Gasteiger partial charge on any atom is -0.369 e. The van der Waals surface area contributed by atoms with E-state index in [0.717, 1.165) is 24.9 Å². The van der Waals surface area contributed by atoms with Crippen LogP contribution in [0.25, 0.3) is 11.2 Å². The Kier molecular flexibility index (Phi) is 3.24. The molecule has 3 aromatic rings. The topological polar surface area (TPSA) is 56.7 Å². The minimum atomic E-state index is 0.0520. The minimum absolute atomic E-state index is 0.0520. The highest BCUT2D eigenvalue weighted by atomic mass is 79.9. The summed E-state index contributed by atoms with van der Waals surface area (Å²) in [5.74, 6) is 0.456. The quantitative estimate of drug-likeness (QED) is 0.751. The molecule has 4 nitrogen and oxygen atoms in total. The van der Waals surface area contributed by atoms with Crippen LogP contribution >= 0.6 is 38.9 Å². The Morgan fingerprint density at radius 3 is 2.95 bits per heavy atom. The standard InChI is InChI=1S/C12H10BrClN4S/c1-6(9-2-3-10(14)19-9)18-11-8(17-12(18)15)4-7(13)5-16-11/h2-6H,1H3,(H2,15,17). The number of halogens is 2. The van der Waals surface area contributed by atoms with E-state index >= 15 is 0 Å². The highest BCUT2D eigenvalue weighted by Gasteiger charge is 2.18. The fraction of sp³-hybridized carbons (Fsp3) is 0.167. The van der Waals surface area contributed by atoms with Crippen molar-refractivity contribution in [2.24, 2.45) is 0 Å². The van der Waals surface area contributed by atoms with Gasteiger partial charge in [-0.15, -0.1) is 11.3 Å². The second kappa shape index (κ2) is 4.77. The molecular weight excluding hydrogens is 348 g/mol. The molecule has 3 rings (SSSR count). The number of rotatable bonds is 2. The second-order valence-electron chi connectivity index (χ2n) is 4.15. The van der Waals surface area contributed by atoms with Crippen LogP contribution in [0.4, 0.5) is 5.95 Å². The number of hydrogen-bond donors (Lipinski definition) is 1. The summed E-state index contributed by atoms with van der Waals surface area (Å²) in [6.45, 7) is 2.06. The molecule has 0 radical (unpaired) electrons. The molecular formula is C12H10BrClN4S. The summed E-state index contributed by atoms with van der Waals surface area (Å²) in [5, 5.41) is 0. The van der Waals surface area contributed by atoms with Crippen molar-refractivity contribution in [3.05, 3.63) is 38.1 Å². The Hall–Kier alpha value is -1.11. The lowest BCUT2D eigenvalue weighted by atomic mass is 10.2. The maximum Gasteiger partial charge on any atom is 0.203 e. The van der Waals surface area contributed by atoms with Crippen LogP contribution in [0.3, 0.4) is 0 Å². The van der Waals surface area contributed by atoms with Crippen molar-refractivity contribution in [3.63, 3.8) is 0 Å². The molecule has 0 aliphatic heterocycles. The molecule has 19 heavy (non-hydrogen) atoms. The molecule has 1 unspecified atom stereocenters. The molecule has 0 aromatic carbocycles. The van der Waals surface area contributed by atoms with Gasteiger partial charge in [-0.2, -0.15) is 0 Å². The Labute approximate surface area is 127 Å². The first-order valence-corrected chi connectivity index (χ1v) is 7.59. The van der Waals surface area contributed by atoms with Crippen LogP contribution in [0.1, 0.15) is 17.8 Å². The molecule has 2 N–H and O–H groups in total. The molecule has 3 aromatic heterocycles. The van der Waals surface area contributed by atoms with Gasteiger partial charge in [0.2, 0.25) is 5.95 Å². The normalized spacial score (nSPS) is 13.0. The molecule has 0 amide bonds. The van der Waals surface area contributed by atoms with Gasteiger partial charge in [-0.25, -0.2) is 9.97 Å². The Balaban J connectivity index is 2.16. The number of hydrogen-bond acceptors (Lipinski definition) is 4. The highest BCUT2D eigenvalue weighted by Crippen LogP contribution is 2.32. The van der Waals surface area contributed by atoms with E-state index in [9.17, 15) is 0 Å². The number of pyridine rings is 1. The van der Waals surface area contributed by atoms with Crippen LogP contribution in [-0.4, -0.2) is 14.5 Å². The van der Waals surface area contributed by atoms with Crippen molar-refractivity contribution in [1.82, 2.24) is 14.5 Å².